The van der Waals surface area contributed by atoms with Gasteiger partial charge in [0.25, 0.3) is 0 Å². The van der Waals surface area contributed by atoms with Gasteiger partial charge in [0.05, 0.1) is 13.2 Å². The van der Waals surface area contributed by atoms with Crippen molar-refractivity contribution in [3.05, 3.63) is 0 Å². The van der Waals surface area contributed by atoms with Crippen molar-refractivity contribution in [3.63, 3.8) is 0 Å². The van der Waals surface area contributed by atoms with Crippen molar-refractivity contribution in [1.82, 2.24) is 10.6 Å². The van der Waals surface area contributed by atoms with Gasteiger partial charge in [0.2, 0.25) is 5.91 Å². The normalized spacial score (nSPS) is 17.7. The number of carbonyl (C=O) groups is 1. The lowest BCUT2D eigenvalue weighted by molar-refractivity contribution is -0.122. The van der Waals surface area contributed by atoms with Crippen molar-refractivity contribution in [3.8, 4) is 0 Å². The summed E-state index contributed by atoms with van der Waals surface area (Å²) in [7, 11) is 0. The lowest BCUT2D eigenvalue weighted by Gasteiger charge is -2.31. The Morgan fingerprint density at radius 2 is 1.94 bits per heavy atom. The van der Waals surface area contributed by atoms with Crippen LogP contribution in [0.25, 0.3) is 0 Å². The number of hydrogen-bond acceptors (Lipinski definition) is 4. The molecule has 1 saturated heterocycles. The Kier molecular flexibility index (Phi) is 6.60. The van der Waals surface area contributed by atoms with Crippen LogP contribution in [0.2, 0.25) is 0 Å². The maximum atomic E-state index is 11.8. The highest BCUT2D eigenvalue weighted by Crippen LogP contribution is 2.13. The van der Waals surface area contributed by atoms with Gasteiger partial charge in [0, 0.05) is 24.8 Å². The quantitative estimate of drug-likeness (QED) is 0.619. The second kappa shape index (κ2) is 7.71. The Hall–Kier alpha value is -0.650. The van der Waals surface area contributed by atoms with Crippen molar-refractivity contribution in [2.75, 3.05) is 26.4 Å². The molecular formula is C13H26N2O3. The van der Waals surface area contributed by atoms with Crippen LogP contribution < -0.4 is 10.6 Å². The standard InChI is InChI=1S/C13H26N2O3/c1-3-13(4-2,10-16)14-9-12(17)15-11-5-7-18-8-6-11/h11,14,16H,3-10H2,1-2H3,(H,15,17). The zero-order valence-electron chi connectivity index (χ0n) is 11.5. The highest BCUT2D eigenvalue weighted by atomic mass is 16.5. The van der Waals surface area contributed by atoms with Gasteiger partial charge in [-0.25, -0.2) is 0 Å². The molecule has 0 bridgehead atoms. The summed E-state index contributed by atoms with van der Waals surface area (Å²) in [6, 6.07) is 0.236. The molecule has 0 aliphatic carbocycles. The molecule has 0 atom stereocenters. The molecule has 106 valence electrons. The molecule has 0 spiro atoms. The monoisotopic (exact) mass is 258 g/mol. The Bertz CT molecular complexity index is 240. The third-order valence-corrected chi connectivity index (χ3v) is 3.87. The Morgan fingerprint density at radius 3 is 2.44 bits per heavy atom. The van der Waals surface area contributed by atoms with E-state index in [2.05, 4.69) is 10.6 Å². The molecule has 0 unspecified atom stereocenters. The molecular weight excluding hydrogens is 232 g/mol. The summed E-state index contributed by atoms with van der Waals surface area (Å²) in [6.45, 7) is 5.81. The molecule has 5 heteroatoms. The van der Waals surface area contributed by atoms with Gasteiger partial charge in [-0.05, 0) is 25.7 Å². The first kappa shape index (κ1) is 15.4. The van der Waals surface area contributed by atoms with E-state index < -0.39 is 0 Å². The summed E-state index contributed by atoms with van der Waals surface area (Å²) in [4.78, 5) is 11.8. The zero-order chi connectivity index (χ0) is 13.4. The van der Waals surface area contributed by atoms with Gasteiger partial charge in [-0.2, -0.15) is 0 Å². The van der Waals surface area contributed by atoms with Crippen LogP contribution in [0.1, 0.15) is 39.5 Å². The number of amides is 1. The lowest BCUT2D eigenvalue weighted by Crippen LogP contribution is -2.52. The number of ether oxygens (including phenoxy) is 1. The molecule has 0 radical (unpaired) electrons. The number of nitrogens with one attached hydrogen (secondary N) is 2. The van der Waals surface area contributed by atoms with Gasteiger partial charge >= 0.3 is 0 Å². The van der Waals surface area contributed by atoms with Crippen molar-refractivity contribution in [2.24, 2.45) is 0 Å². The Morgan fingerprint density at radius 1 is 1.33 bits per heavy atom. The average molecular weight is 258 g/mol. The van der Waals surface area contributed by atoms with E-state index in [1.807, 2.05) is 13.8 Å². The fourth-order valence-electron chi connectivity index (χ4n) is 2.17. The van der Waals surface area contributed by atoms with Gasteiger partial charge in [-0.3, -0.25) is 4.79 Å². The second-order valence-electron chi connectivity index (χ2n) is 4.95. The second-order valence-corrected chi connectivity index (χ2v) is 4.95. The summed E-state index contributed by atoms with van der Waals surface area (Å²) >= 11 is 0. The van der Waals surface area contributed by atoms with Crippen LogP contribution in [0.5, 0.6) is 0 Å². The van der Waals surface area contributed by atoms with Crippen LogP contribution >= 0.6 is 0 Å². The minimum atomic E-state index is -0.326. The molecule has 1 heterocycles. The molecule has 0 saturated carbocycles. The first-order valence-electron chi connectivity index (χ1n) is 6.88. The zero-order valence-corrected chi connectivity index (χ0v) is 11.5. The number of carbonyl (C=O) groups excluding carboxylic acids is 1. The number of hydrogen-bond donors (Lipinski definition) is 3. The van der Waals surface area contributed by atoms with Gasteiger partial charge in [0.1, 0.15) is 0 Å². The number of aliphatic hydroxyl groups excluding tert-OH is 1. The minimum absolute atomic E-state index is 0.00150. The third-order valence-electron chi connectivity index (χ3n) is 3.87. The van der Waals surface area contributed by atoms with Crippen LogP contribution in [-0.4, -0.2) is 49.0 Å². The molecule has 3 N–H and O–H groups in total. The van der Waals surface area contributed by atoms with E-state index in [-0.39, 0.29) is 30.6 Å². The maximum Gasteiger partial charge on any atom is 0.234 e. The van der Waals surface area contributed by atoms with E-state index in [9.17, 15) is 9.90 Å². The number of aliphatic hydroxyl groups is 1. The van der Waals surface area contributed by atoms with Gasteiger partial charge in [0.15, 0.2) is 0 Å². The van der Waals surface area contributed by atoms with Crippen LogP contribution in [0.4, 0.5) is 0 Å². The minimum Gasteiger partial charge on any atom is -0.394 e. The SMILES string of the molecule is CCC(CC)(CO)NCC(=O)NC1CCOCC1. The summed E-state index contributed by atoms with van der Waals surface area (Å²) in [5, 5.41) is 15.6. The summed E-state index contributed by atoms with van der Waals surface area (Å²) in [6.07, 6.45) is 3.39. The summed E-state index contributed by atoms with van der Waals surface area (Å²) in [5.41, 5.74) is -0.326. The predicted octanol–water partition coefficient (Wildman–Crippen LogP) is 0.422. The van der Waals surface area contributed by atoms with Crippen LogP contribution in [-0.2, 0) is 9.53 Å². The highest BCUT2D eigenvalue weighted by molar-refractivity contribution is 5.78. The molecule has 1 aliphatic heterocycles. The van der Waals surface area contributed by atoms with Gasteiger partial charge in [-0.15, -0.1) is 0 Å². The average Bonchev–Trinajstić information content (AvgIpc) is 2.42. The third kappa shape index (κ3) is 4.55. The van der Waals surface area contributed by atoms with Crippen molar-refractivity contribution >= 4 is 5.91 Å². The van der Waals surface area contributed by atoms with Crippen LogP contribution in [0, 0.1) is 0 Å². The summed E-state index contributed by atoms with van der Waals surface area (Å²) in [5.74, 6) is 0.00150. The first-order valence-corrected chi connectivity index (χ1v) is 6.88. The maximum absolute atomic E-state index is 11.8. The van der Waals surface area contributed by atoms with Crippen molar-refractivity contribution in [2.45, 2.75) is 51.1 Å². The smallest absolute Gasteiger partial charge is 0.234 e. The highest BCUT2D eigenvalue weighted by Gasteiger charge is 2.25. The van der Waals surface area contributed by atoms with Gasteiger partial charge < -0.3 is 20.5 Å². The topological polar surface area (TPSA) is 70.6 Å². The molecule has 1 aliphatic rings. The molecule has 5 nitrogen and oxygen atoms in total. The molecule has 0 aromatic carbocycles. The van der Waals surface area contributed by atoms with Crippen LogP contribution in [0.3, 0.4) is 0 Å². The lowest BCUT2D eigenvalue weighted by atomic mass is 9.94. The van der Waals surface area contributed by atoms with E-state index in [1.54, 1.807) is 0 Å². The molecule has 18 heavy (non-hydrogen) atoms. The van der Waals surface area contributed by atoms with Crippen molar-refractivity contribution in [1.29, 1.82) is 0 Å². The summed E-state index contributed by atoms with van der Waals surface area (Å²) < 4.78 is 5.25. The molecule has 0 aromatic heterocycles. The van der Waals surface area contributed by atoms with Gasteiger partial charge in [-0.1, -0.05) is 13.8 Å². The molecule has 1 rings (SSSR count). The van der Waals surface area contributed by atoms with Crippen LogP contribution in [0.15, 0.2) is 0 Å². The molecule has 0 aromatic rings. The number of rotatable bonds is 7. The van der Waals surface area contributed by atoms with Crippen molar-refractivity contribution < 1.29 is 14.6 Å². The fraction of sp³-hybridized carbons (Fsp3) is 0.923. The largest absolute Gasteiger partial charge is 0.394 e. The van der Waals surface area contributed by atoms with E-state index in [1.165, 1.54) is 0 Å². The van der Waals surface area contributed by atoms with E-state index in [0.717, 1.165) is 38.9 Å². The van der Waals surface area contributed by atoms with E-state index in [4.69, 9.17) is 4.74 Å². The van der Waals surface area contributed by atoms with E-state index >= 15 is 0 Å². The molecule has 1 amide bonds. The predicted molar refractivity (Wildman–Crippen MR) is 70.4 cm³/mol. The molecule has 1 fully saturated rings. The van der Waals surface area contributed by atoms with E-state index in [0.29, 0.717) is 0 Å². The Labute approximate surface area is 109 Å². The first-order chi connectivity index (χ1) is 8.65. The Balaban J connectivity index is 2.30. The fourth-order valence-corrected chi connectivity index (χ4v) is 2.17.